The van der Waals surface area contributed by atoms with E-state index in [9.17, 15) is 4.39 Å². The Morgan fingerprint density at radius 2 is 1.70 bits per heavy atom. The van der Waals surface area contributed by atoms with Gasteiger partial charge in [-0.25, -0.2) is 9.37 Å². The zero-order valence-electron chi connectivity index (χ0n) is 12.3. The standard InChI is InChI=1S/C17H14BrFN4/c1-11-10-14(6-7-15(11)18)21-16-8-9-20-17(23-16)22-13-4-2-12(19)3-5-13/h2-10H,1H3,(H2,20,21,22,23). The Labute approximate surface area is 141 Å². The maximum atomic E-state index is 12.9. The molecule has 0 radical (unpaired) electrons. The maximum absolute atomic E-state index is 12.9. The van der Waals surface area contributed by atoms with Crippen LogP contribution in [0, 0.1) is 12.7 Å². The predicted octanol–water partition coefficient (Wildman–Crippen LogP) is 5.17. The van der Waals surface area contributed by atoms with Gasteiger partial charge >= 0.3 is 0 Å². The van der Waals surface area contributed by atoms with Gasteiger partial charge in [0.2, 0.25) is 5.95 Å². The number of hydrogen-bond donors (Lipinski definition) is 2. The van der Waals surface area contributed by atoms with Crippen molar-refractivity contribution < 1.29 is 4.39 Å². The molecule has 0 bridgehead atoms. The minimum absolute atomic E-state index is 0.280. The first-order valence-electron chi connectivity index (χ1n) is 6.99. The molecule has 0 saturated heterocycles. The number of benzene rings is 2. The molecule has 0 amide bonds. The number of aromatic nitrogens is 2. The first-order chi connectivity index (χ1) is 11.1. The Bertz CT molecular complexity index is 821. The Hall–Kier alpha value is -2.47. The van der Waals surface area contributed by atoms with E-state index in [4.69, 9.17) is 0 Å². The van der Waals surface area contributed by atoms with Crippen LogP contribution in [0.2, 0.25) is 0 Å². The van der Waals surface area contributed by atoms with Gasteiger partial charge in [0.1, 0.15) is 11.6 Å². The molecule has 1 heterocycles. The van der Waals surface area contributed by atoms with E-state index in [0.717, 1.165) is 21.4 Å². The van der Waals surface area contributed by atoms with Crippen LogP contribution in [0.25, 0.3) is 0 Å². The molecule has 2 aromatic carbocycles. The van der Waals surface area contributed by atoms with Crippen LogP contribution in [0.1, 0.15) is 5.56 Å². The zero-order valence-corrected chi connectivity index (χ0v) is 13.9. The van der Waals surface area contributed by atoms with Gasteiger partial charge in [0.15, 0.2) is 0 Å². The quantitative estimate of drug-likeness (QED) is 0.662. The van der Waals surface area contributed by atoms with E-state index in [0.29, 0.717) is 11.8 Å². The lowest BCUT2D eigenvalue weighted by Gasteiger charge is -2.09. The minimum atomic E-state index is -0.280. The second-order valence-electron chi connectivity index (χ2n) is 4.99. The summed E-state index contributed by atoms with van der Waals surface area (Å²) in [5, 5.41) is 6.28. The summed E-state index contributed by atoms with van der Waals surface area (Å²) in [6.45, 7) is 2.02. The van der Waals surface area contributed by atoms with Crippen molar-refractivity contribution in [2.24, 2.45) is 0 Å². The smallest absolute Gasteiger partial charge is 0.229 e. The predicted molar refractivity (Wildman–Crippen MR) is 93.9 cm³/mol. The minimum Gasteiger partial charge on any atom is -0.340 e. The van der Waals surface area contributed by atoms with Crippen molar-refractivity contribution in [2.75, 3.05) is 10.6 Å². The van der Waals surface area contributed by atoms with Crippen LogP contribution in [-0.2, 0) is 0 Å². The van der Waals surface area contributed by atoms with Crippen LogP contribution in [0.5, 0.6) is 0 Å². The highest BCUT2D eigenvalue weighted by atomic mass is 79.9. The summed E-state index contributed by atoms with van der Waals surface area (Å²) in [6, 6.07) is 13.8. The first-order valence-corrected chi connectivity index (χ1v) is 7.78. The van der Waals surface area contributed by atoms with Crippen molar-refractivity contribution >= 4 is 39.1 Å². The van der Waals surface area contributed by atoms with Crippen LogP contribution in [0.15, 0.2) is 59.2 Å². The maximum Gasteiger partial charge on any atom is 0.229 e. The zero-order chi connectivity index (χ0) is 16.2. The van der Waals surface area contributed by atoms with Gasteiger partial charge in [-0.3, -0.25) is 0 Å². The van der Waals surface area contributed by atoms with Crippen molar-refractivity contribution in [3.8, 4) is 0 Å². The molecule has 0 saturated carbocycles. The van der Waals surface area contributed by atoms with Gasteiger partial charge in [-0.15, -0.1) is 0 Å². The average Bonchev–Trinajstić information content (AvgIpc) is 2.54. The van der Waals surface area contributed by atoms with Gasteiger partial charge < -0.3 is 10.6 Å². The van der Waals surface area contributed by atoms with Gasteiger partial charge in [-0.1, -0.05) is 15.9 Å². The number of nitrogens with zero attached hydrogens (tertiary/aromatic N) is 2. The first kappa shape index (κ1) is 15.4. The van der Waals surface area contributed by atoms with Crippen LogP contribution in [-0.4, -0.2) is 9.97 Å². The summed E-state index contributed by atoms with van der Waals surface area (Å²) in [5.41, 5.74) is 2.80. The number of aryl methyl sites for hydroxylation is 1. The normalized spacial score (nSPS) is 10.4. The summed E-state index contributed by atoms with van der Waals surface area (Å²) in [6.07, 6.45) is 1.66. The molecule has 4 nitrogen and oxygen atoms in total. The van der Waals surface area contributed by atoms with E-state index in [2.05, 4.69) is 36.5 Å². The van der Waals surface area contributed by atoms with Crippen LogP contribution < -0.4 is 10.6 Å². The number of rotatable bonds is 4. The molecule has 0 atom stereocenters. The van der Waals surface area contributed by atoms with E-state index < -0.39 is 0 Å². The molecule has 23 heavy (non-hydrogen) atoms. The number of halogens is 2. The van der Waals surface area contributed by atoms with Crippen molar-refractivity contribution in [1.82, 2.24) is 9.97 Å². The highest BCUT2D eigenvalue weighted by Gasteiger charge is 2.02. The van der Waals surface area contributed by atoms with E-state index in [-0.39, 0.29) is 5.82 Å². The summed E-state index contributed by atoms with van der Waals surface area (Å²) >= 11 is 3.48. The Morgan fingerprint density at radius 1 is 0.957 bits per heavy atom. The third-order valence-corrected chi connectivity index (χ3v) is 4.08. The Kier molecular flexibility index (Phi) is 4.52. The molecule has 0 aliphatic carbocycles. The SMILES string of the molecule is Cc1cc(Nc2ccnc(Nc3ccc(F)cc3)n2)ccc1Br. The van der Waals surface area contributed by atoms with Gasteiger partial charge in [-0.2, -0.15) is 4.98 Å². The highest BCUT2D eigenvalue weighted by Crippen LogP contribution is 2.23. The number of anilines is 4. The van der Waals surface area contributed by atoms with Crippen LogP contribution in [0.4, 0.5) is 27.5 Å². The summed E-state index contributed by atoms with van der Waals surface area (Å²) in [4.78, 5) is 8.57. The average molecular weight is 373 g/mol. The molecule has 0 fully saturated rings. The lowest BCUT2D eigenvalue weighted by molar-refractivity contribution is 0.628. The molecule has 0 spiro atoms. The van der Waals surface area contributed by atoms with Crippen molar-refractivity contribution in [1.29, 1.82) is 0 Å². The lowest BCUT2D eigenvalue weighted by atomic mass is 10.2. The van der Waals surface area contributed by atoms with Crippen molar-refractivity contribution in [2.45, 2.75) is 6.92 Å². The van der Waals surface area contributed by atoms with Crippen LogP contribution >= 0.6 is 15.9 Å². The largest absolute Gasteiger partial charge is 0.340 e. The molecule has 1 aromatic heterocycles. The van der Waals surface area contributed by atoms with E-state index >= 15 is 0 Å². The molecule has 3 aromatic rings. The molecule has 0 unspecified atom stereocenters. The molecule has 6 heteroatoms. The molecule has 0 aliphatic heterocycles. The fraction of sp³-hybridized carbons (Fsp3) is 0.0588. The highest BCUT2D eigenvalue weighted by molar-refractivity contribution is 9.10. The summed E-state index contributed by atoms with van der Waals surface area (Å²) in [5.74, 6) is 0.833. The molecule has 3 rings (SSSR count). The fourth-order valence-corrected chi connectivity index (χ4v) is 2.27. The molecule has 116 valence electrons. The monoisotopic (exact) mass is 372 g/mol. The van der Waals surface area contributed by atoms with Gasteiger partial charge in [0.25, 0.3) is 0 Å². The molecular formula is C17H14BrFN4. The third kappa shape index (κ3) is 4.04. The third-order valence-electron chi connectivity index (χ3n) is 3.19. The van der Waals surface area contributed by atoms with Gasteiger partial charge in [-0.05, 0) is 61.0 Å². The van der Waals surface area contributed by atoms with Gasteiger partial charge in [0, 0.05) is 22.0 Å². The topological polar surface area (TPSA) is 49.8 Å². The number of hydrogen-bond acceptors (Lipinski definition) is 4. The van der Waals surface area contributed by atoms with Crippen LogP contribution in [0.3, 0.4) is 0 Å². The van der Waals surface area contributed by atoms with E-state index in [1.165, 1.54) is 12.1 Å². The Balaban J connectivity index is 1.76. The molecule has 2 N–H and O–H groups in total. The number of nitrogens with one attached hydrogen (secondary N) is 2. The van der Waals surface area contributed by atoms with E-state index in [1.807, 2.05) is 25.1 Å². The lowest BCUT2D eigenvalue weighted by Crippen LogP contribution is -2.00. The van der Waals surface area contributed by atoms with Crippen molar-refractivity contribution in [3.05, 3.63) is 70.6 Å². The fourth-order valence-electron chi connectivity index (χ4n) is 2.02. The second kappa shape index (κ2) is 6.75. The summed E-state index contributed by atoms with van der Waals surface area (Å²) < 4.78 is 14.0. The van der Waals surface area contributed by atoms with E-state index in [1.54, 1.807) is 24.4 Å². The van der Waals surface area contributed by atoms with Gasteiger partial charge in [0.05, 0.1) is 0 Å². The Morgan fingerprint density at radius 3 is 2.43 bits per heavy atom. The molecule has 0 aliphatic rings. The summed E-state index contributed by atoms with van der Waals surface area (Å²) in [7, 11) is 0. The van der Waals surface area contributed by atoms with Crippen molar-refractivity contribution in [3.63, 3.8) is 0 Å². The molecular weight excluding hydrogens is 359 g/mol. The second-order valence-corrected chi connectivity index (χ2v) is 5.84.